The van der Waals surface area contributed by atoms with Crippen molar-refractivity contribution in [3.63, 3.8) is 0 Å². The maximum atomic E-state index is 12.4. The van der Waals surface area contributed by atoms with E-state index in [-0.39, 0.29) is 16.9 Å². The Morgan fingerprint density at radius 3 is 2.50 bits per heavy atom. The van der Waals surface area contributed by atoms with E-state index in [1.54, 1.807) is 0 Å². The monoisotopic (exact) mass is 337 g/mol. The highest BCUT2D eigenvalue weighted by Gasteiger charge is 2.33. The standard InChI is InChI=1S/C13H18F3N3O2S/c14-13(15,16)12-6-5-10(8-18-12)22(20,21)19-11-4-2-1-3-9(11)7-17/h5-6,8-9,11,19H,1-4,7,17H2. The number of nitrogens with zero attached hydrogens (tertiary/aromatic N) is 1. The molecule has 22 heavy (non-hydrogen) atoms. The number of nitrogens with one attached hydrogen (secondary N) is 1. The van der Waals surface area contributed by atoms with Crippen LogP contribution in [0.25, 0.3) is 0 Å². The van der Waals surface area contributed by atoms with Crippen molar-refractivity contribution < 1.29 is 21.6 Å². The molecule has 3 N–H and O–H groups in total. The van der Waals surface area contributed by atoms with Gasteiger partial charge >= 0.3 is 6.18 Å². The smallest absolute Gasteiger partial charge is 0.330 e. The molecule has 1 saturated carbocycles. The summed E-state index contributed by atoms with van der Waals surface area (Å²) in [5, 5.41) is 0. The Bertz CT molecular complexity index is 602. The lowest BCUT2D eigenvalue weighted by Crippen LogP contribution is -2.44. The number of hydrogen-bond acceptors (Lipinski definition) is 4. The van der Waals surface area contributed by atoms with Crippen LogP contribution in [0.2, 0.25) is 0 Å². The zero-order chi connectivity index (χ0) is 16.4. The van der Waals surface area contributed by atoms with Crippen LogP contribution in [0.5, 0.6) is 0 Å². The molecule has 1 heterocycles. The number of rotatable bonds is 4. The molecule has 1 aliphatic carbocycles. The fourth-order valence-corrected chi connectivity index (χ4v) is 3.90. The van der Waals surface area contributed by atoms with E-state index in [0.29, 0.717) is 19.0 Å². The highest BCUT2D eigenvalue weighted by molar-refractivity contribution is 7.89. The van der Waals surface area contributed by atoms with Crippen LogP contribution >= 0.6 is 0 Å². The molecule has 0 spiro atoms. The highest BCUT2D eigenvalue weighted by atomic mass is 32.2. The lowest BCUT2D eigenvalue weighted by Gasteiger charge is -2.31. The van der Waals surface area contributed by atoms with Crippen LogP contribution in [-0.4, -0.2) is 26.0 Å². The summed E-state index contributed by atoms with van der Waals surface area (Å²) in [4.78, 5) is 2.90. The zero-order valence-electron chi connectivity index (χ0n) is 11.8. The van der Waals surface area contributed by atoms with Gasteiger partial charge in [0.05, 0.1) is 0 Å². The Hall–Kier alpha value is -1.19. The Morgan fingerprint density at radius 2 is 1.95 bits per heavy atom. The second kappa shape index (κ2) is 6.51. The number of pyridine rings is 1. The van der Waals surface area contributed by atoms with Crippen molar-refractivity contribution in [1.82, 2.24) is 9.71 Å². The van der Waals surface area contributed by atoms with Crippen LogP contribution in [0.3, 0.4) is 0 Å². The van der Waals surface area contributed by atoms with E-state index in [2.05, 4.69) is 9.71 Å². The van der Waals surface area contributed by atoms with Gasteiger partial charge < -0.3 is 5.73 Å². The van der Waals surface area contributed by atoms with Crippen LogP contribution in [0.1, 0.15) is 31.4 Å². The molecule has 0 radical (unpaired) electrons. The second-order valence-electron chi connectivity index (χ2n) is 5.38. The predicted octanol–water partition coefficient (Wildman–Crippen LogP) is 1.90. The summed E-state index contributed by atoms with van der Waals surface area (Å²) in [5.74, 6) is 0.0472. The molecule has 0 saturated heterocycles. The Balaban J connectivity index is 2.16. The van der Waals surface area contributed by atoms with Crippen molar-refractivity contribution in [3.05, 3.63) is 24.0 Å². The molecule has 2 rings (SSSR count). The third-order valence-electron chi connectivity index (χ3n) is 3.86. The number of alkyl halides is 3. The van der Waals surface area contributed by atoms with Gasteiger partial charge in [-0.1, -0.05) is 12.8 Å². The van der Waals surface area contributed by atoms with Crippen LogP contribution < -0.4 is 10.5 Å². The van der Waals surface area contributed by atoms with Crippen LogP contribution in [0, 0.1) is 5.92 Å². The van der Waals surface area contributed by atoms with Gasteiger partial charge in [0.15, 0.2) is 0 Å². The number of halogens is 3. The largest absolute Gasteiger partial charge is 0.433 e. The number of aromatic nitrogens is 1. The van der Waals surface area contributed by atoms with Gasteiger partial charge in [-0.25, -0.2) is 13.1 Å². The summed E-state index contributed by atoms with van der Waals surface area (Å²) in [6, 6.07) is 1.29. The molecule has 5 nitrogen and oxygen atoms in total. The predicted molar refractivity (Wildman–Crippen MR) is 74.4 cm³/mol. The molecule has 0 bridgehead atoms. The summed E-state index contributed by atoms with van der Waals surface area (Å²) in [6.45, 7) is 0.373. The van der Waals surface area contributed by atoms with Gasteiger partial charge in [-0.2, -0.15) is 13.2 Å². The van der Waals surface area contributed by atoms with Crippen LogP contribution in [0.15, 0.2) is 23.2 Å². The normalized spacial score (nSPS) is 23.5. The number of nitrogens with two attached hydrogens (primary N) is 1. The van der Waals surface area contributed by atoms with Crippen molar-refractivity contribution in [2.24, 2.45) is 11.7 Å². The van der Waals surface area contributed by atoms with E-state index in [4.69, 9.17) is 5.73 Å². The minimum Gasteiger partial charge on any atom is -0.330 e. The summed E-state index contributed by atoms with van der Waals surface area (Å²) >= 11 is 0. The molecular weight excluding hydrogens is 319 g/mol. The topological polar surface area (TPSA) is 85.1 Å². The molecular formula is C13H18F3N3O2S. The van der Waals surface area contributed by atoms with Gasteiger partial charge in [-0.3, -0.25) is 4.98 Å². The first-order valence-corrected chi connectivity index (χ1v) is 8.48. The molecule has 1 aromatic rings. The molecule has 1 aliphatic rings. The number of sulfonamides is 1. The quantitative estimate of drug-likeness (QED) is 0.879. The maximum absolute atomic E-state index is 12.4. The third kappa shape index (κ3) is 3.96. The Kier molecular flexibility index (Phi) is 5.08. The fourth-order valence-electron chi connectivity index (χ4n) is 2.62. The minimum atomic E-state index is -4.59. The van der Waals surface area contributed by atoms with E-state index in [0.717, 1.165) is 31.5 Å². The first kappa shape index (κ1) is 17.2. The van der Waals surface area contributed by atoms with Crippen molar-refractivity contribution in [3.8, 4) is 0 Å². The summed E-state index contributed by atoms with van der Waals surface area (Å²) in [7, 11) is -3.90. The molecule has 9 heteroatoms. The van der Waals surface area contributed by atoms with Gasteiger partial charge in [0.2, 0.25) is 10.0 Å². The first-order valence-electron chi connectivity index (χ1n) is 6.99. The average Bonchev–Trinajstić information content (AvgIpc) is 2.47. The van der Waals surface area contributed by atoms with Crippen molar-refractivity contribution in [2.45, 2.75) is 42.8 Å². The summed E-state index contributed by atoms with van der Waals surface area (Å²) in [5.41, 5.74) is 4.53. The van der Waals surface area contributed by atoms with Crippen LogP contribution in [-0.2, 0) is 16.2 Å². The second-order valence-corrected chi connectivity index (χ2v) is 7.10. The van der Waals surface area contributed by atoms with Gasteiger partial charge in [-0.15, -0.1) is 0 Å². The summed E-state index contributed by atoms with van der Waals surface area (Å²) < 4.78 is 64.4. The van der Waals surface area contributed by atoms with Gasteiger partial charge in [0.1, 0.15) is 10.6 Å². The highest BCUT2D eigenvalue weighted by Crippen LogP contribution is 2.28. The Labute approximate surface area is 127 Å². The van der Waals surface area contributed by atoms with E-state index in [1.165, 1.54) is 0 Å². The molecule has 1 aromatic heterocycles. The van der Waals surface area contributed by atoms with E-state index in [9.17, 15) is 21.6 Å². The maximum Gasteiger partial charge on any atom is 0.433 e. The van der Waals surface area contributed by atoms with Crippen molar-refractivity contribution in [2.75, 3.05) is 6.54 Å². The molecule has 0 aromatic carbocycles. The van der Waals surface area contributed by atoms with Gasteiger partial charge in [0.25, 0.3) is 0 Å². The van der Waals surface area contributed by atoms with E-state index < -0.39 is 21.9 Å². The number of hydrogen-bond donors (Lipinski definition) is 2. The first-order chi connectivity index (χ1) is 10.2. The van der Waals surface area contributed by atoms with E-state index in [1.807, 2.05) is 0 Å². The summed E-state index contributed by atoms with van der Waals surface area (Å²) in [6.07, 6.45) is -0.448. The molecule has 0 amide bonds. The average molecular weight is 337 g/mol. The molecule has 1 fully saturated rings. The lowest BCUT2D eigenvalue weighted by molar-refractivity contribution is -0.141. The molecule has 2 atom stereocenters. The van der Waals surface area contributed by atoms with Crippen LogP contribution in [0.4, 0.5) is 13.2 Å². The van der Waals surface area contributed by atoms with Crippen molar-refractivity contribution in [1.29, 1.82) is 0 Å². The molecule has 124 valence electrons. The zero-order valence-corrected chi connectivity index (χ0v) is 12.6. The van der Waals surface area contributed by atoms with Gasteiger partial charge in [-0.05, 0) is 37.4 Å². The van der Waals surface area contributed by atoms with Gasteiger partial charge in [0, 0.05) is 12.2 Å². The lowest BCUT2D eigenvalue weighted by atomic mass is 9.85. The molecule has 0 aliphatic heterocycles. The third-order valence-corrected chi connectivity index (χ3v) is 5.33. The fraction of sp³-hybridized carbons (Fsp3) is 0.615. The molecule has 2 unspecified atom stereocenters. The Morgan fingerprint density at radius 1 is 1.27 bits per heavy atom. The SMILES string of the molecule is NCC1CCCCC1NS(=O)(=O)c1ccc(C(F)(F)F)nc1. The van der Waals surface area contributed by atoms with E-state index >= 15 is 0 Å². The van der Waals surface area contributed by atoms with Crippen molar-refractivity contribution >= 4 is 10.0 Å². The minimum absolute atomic E-state index is 0.0472.